The lowest BCUT2D eigenvalue weighted by Crippen LogP contribution is -2.61. The van der Waals surface area contributed by atoms with Crippen LogP contribution in [-0.2, 0) is 0 Å². The third kappa shape index (κ3) is 1.95. The summed E-state index contributed by atoms with van der Waals surface area (Å²) < 4.78 is 0. The van der Waals surface area contributed by atoms with Crippen LogP contribution in [0.15, 0.2) is 0 Å². The first kappa shape index (κ1) is 12.3. The predicted molar refractivity (Wildman–Crippen MR) is 75.3 cm³/mol. The van der Waals surface area contributed by atoms with Crippen LogP contribution in [0.5, 0.6) is 0 Å². The molecular formula is C14H26N2S. The first-order valence-electron chi connectivity index (χ1n) is 7.24. The fraction of sp³-hybridized carbons (Fsp3) is 1.00. The molecule has 0 aromatic heterocycles. The second-order valence-corrected chi connectivity index (χ2v) is 8.43. The molecule has 3 aliphatic rings. The first-order valence-corrected chi connectivity index (χ1v) is 8.19. The van der Waals surface area contributed by atoms with Gasteiger partial charge in [-0.2, -0.15) is 11.8 Å². The summed E-state index contributed by atoms with van der Waals surface area (Å²) in [6.45, 7) is 8.17. The minimum Gasteiger partial charge on any atom is -0.329 e. The summed E-state index contributed by atoms with van der Waals surface area (Å²) in [5.41, 5.74) is 6.61. The van der Waals surface area contributed by atoms with Gasteiger partial charge in [0.25, 0.3) is 0 Å². The average molecular weight is 254 g/mol. The molecule has 1 aliphatic heterocycles. The largest absolute Gasteiger partial charge is 0.329 e. The Labute approximate surface area is 110 Å². The summed E-state index contributed by atoms with van der Waals surface area (Å²) in [4.78, 5) is 2.78. The van der Waals surface area contributed by atoms with E-state index in [4.69, 9.17) is 5.73 Å². The SMILES string of the molecule is CC1CN(C2(CN)CC3CCC2C3)CC(C)S1. The van der Waals surface area contributed by atoms with Crippen LogP contribution in [0.3, 0.4) is 0 Å². The van der Waals surface area contributed by atoms with Crippen molar-refractivity contribution >= 4 is 11.8 Å². The van der Waals surface area contributed by atoms with Crippen LogP contribution in [0.1, 0.15) is 39.5 Å². The number of thioether (sulfide) groups is 1. The molecule has 98 valence electrons. The number of rotatable bonds is 2. The molecule has 1 saturated heterocycles. The van der Waals surface area contributed by atoms with Crippen molar-refractivity contribution in [3.8, 4) is 0 Å². The van der Waals surface area contributed by atoms with Crippen LogP contribution in [0.4, 0.5) is 0 Å². The number of hydrogen-bond acceptors (Lipinski definition) is 3. The Morgan fingerprint density at radius 3 is 2.41 bits per heavy atom. The quantitative estimate of drug-likeness (QED) is 0.820. The van der Waals surface area contributed by atoms with E-state index in [2.05, 4.69) is 30.5 Å². The Hall–Kier alpha value is 0.270. The van der Waals surface area contributed by atoms with Gasteiger partial charge in [-0.1, -0.05) is 20.3 Å². The molecule has 0 aromatic carbocycles. The zero-order chi connectivity index (χ0) is 12.0. The van der Waals surface area contributed by atoms with Crippen molar-refractivity contribution in [2.24, 2.45) is 17.6 Å². The van der Waals surface area contributed by atoms with Crippen molar-refractivity contribution in [2.75, 3.05) is 19.6 Å². The van der Waals surface area contributed by atoms with E-state index < -0.39 is 0 Å². The third-order valence-electron chi connectivity index (χ3n) is 5.35. The van der Waals surface area contributed by atoms with Gasteiger partial charge in [-0.15, -0.1) is 0 Å². The highest BCUT2D eigenvalue weighted by molar-refractivity contribution is 8.00. The van der Waals surface area contributed by atoms with Crippen molar-refractivity contribution in [2.45, 2.75) is 55.6 Å². The van der Waals surface area contributed by atoms with E-state index in [1.165, 1.54) is 38.8 Å². The Morgan fingerprint density at radius 2 is 1.94 bits per heavy atom. The van der Waals surface area contributed by atoms with E-state index in [-0.39, 0.29) is 0 Å². The summed E-state index contributed by atoms with van der Waals surface area (Å²) in [5, 5.41) is 1.56. The summed E-state index contributed by atoms with van der Waals surface area (Å²) >= 11 is 2.15. The lowest BCUT2D eigenvalue weighted by atomic mass is 9.79. The normalized spacial score (nSPS) is 51.0. The van der Waals surface area contributed by atoms with Crippen molar-refractivity contribution < 1.29 is 0 Å². The van der Waals surface area contributed by atoms with Crippen molar-refractivity contribution in [3.05, 3.63) is 0 Å². The molecule has 0 spiro atoms. The van der Waals surface area contributed by atoms with Gasteiger partial charge in [0.2, 0.25) is 0 Å². The number of fused-ring (bicyclic) bond motifs is 2. The van der Waals surface area contributed by atoms with Gasteiger partial charge in [0.1, 0.15) is 0 Å². The number of nitrogens with two attached hydrogens (primary N) is 1. The van der Waals surface area contributed by atoms with Crippen LogP contribution >= 0.6 is 11.8 Å². The zero-order valence-electron chi connectivity index (χ0n) is 11.2. The summed E-state index contributed by atoms with van der Waals surface area (Å²) in [7, 11) is 0. The first-order chi connectivity index (χ1) is 8.14. The highest BCUT2D eigenvalue weighted by Gasteiger charge is 2.53. The second kappa shape index (κ2) is 4.43. The molecule has 2 saturated carbocycles. The Kier molecular flexibility index (Phi) is 3.21. The molecule has 0 amide bonds. The maximum Gasteiger partial charge on any atom is 0.0363 e. The second-order valence-electron chi connectivity index (χ2n) is 6.55. The zero-order valence-corrected chi connectivity index (χ0v) is 12.0. The van der Waals surface area contributed by atoms with Crippen molar-refractivity contribution in [1.82, 2.24) is 4.90 Å². The molecular weight excluding hydrogens is 228 g/mol. The molecule has 5 atom stereocenters. The van der Waals surface area contributed by atoms with Gasteiger partial charge in [-0.3, -0.25) is 4.90 Å². The summed E-state index contributed by atoms with van der Waals surface area (Å²) in [6, 6.07) is 0. The van der Waals surface area contributed by atoms with Crippen LogP contribution in [0.2, 0.25) is 0 Å². The molecule has 17 heavy (non-hydrogen) atoms. The predicted octanol–water partition coefficient (Wildman–Crippen LogP) is 2.33. The molecule has 2 nitrogen and oxygen atoms in total. The molecule has 3 heteroatoms. The lowest BCUT2D eigenvalue weighted by molar-refractivity contribution is 0.0402. The molecule has 3 fully saturated rings. The fourth-order valence-electron chi connectivity index (χ4n) is 4.72. The van der Waals surface area contributed by atoms with Gasteiger partial charge in [-0.25, -0.2) is 0 Å². The maximum absolute atomic E-state index is 6.23. The third-order valence-corrected chi connectivity index (χ3v) is 6.57. The minimum absolute atomic E-state index is 0.381. The van der Waals surface area contributed by atoms with Crippen LogP contribution in [-0.4, -0.2) is 40.6 Å². The van der Waals surface area contributed by atoms with Gasteiger partial charge in [0, 0.05) is 35.7 Å². The van der Waals surface area contributed by atoms with E-state index in [0.29, 0.717) is 5.54 Å². The van der Waals surface area contributed by atoms with Crippen molar-refractivity contribution in [3.63, 3.8) is 0 Å². The highest BCUT2D eigenvalue weighted by atomic mass is 32.2. The molecule has 0 radical (unpaired) electrons. The van der Waals surface area contributed by atoms with Gasteiger partial charge in [0.05, 0.1) is 0 Å². The lowest BCUT2D eigenvalue weighted by Gasteiger charge is -2.50. The number of hydrogen-bond donors (Lipinski definition) is 1. The molecule has 2 aliphatic carbocycles. The molecule has 3 rings (SSSR count). The average Bonchev–Trinajstić information content (AvgIpc) is 2.87. The summed E-state index contributed by atoms with van der Waals surface area (Å²) in [5.74, 6) is 1.89. The molecule has 1 heterocycles. The van der Waals surface area contributed by atoms with E-state index in [1.807, 2.05) is 0 Å². The Balaban J connectivity index is 1.81. The van der Waals surface area contributed by atoms with Gasteiger partial charge in [0.15, 0.2) is 0 Å². The van der Waals surface area contributed by atoms with Gasteiger partial charge < -0.3 is 5.73 Å². The van der Waals surface area contributed by atoms with Gasteiger partial charge >= 0.3 is 0 Å². The molecule has 0 aromatic rings. The summed E-state index contributed by atoms with van der Waals surface area (Å²) in [6.07, 6.45) is 5.76. The molecule has 2 bridgehead atoms. The van der Waals surface area contributed by atoms with Crippen LogP contribution < -0.4 is 5.73 Å². The van der Waals surface area contributed by atoms with Crippen LogP contribution in [0, 0.1) is 11.8 Å². The monoisotopic (exact) mass is 254 g/mol. The Bertz CT molecular complexity index is 286. The topological polar surface area (TPSA) is 29.3 Å². The Morgan fingerprint density at radius 1 is 1.24 bits per heavy atom. The van der Waals surface area contributed by atoms with Crippen molar-refractivity contribution in [1.29, 1.82) is 0 Å². The van der Waals surface area contributed by atoms with E-state index in [0.717, 1.165) is 28.9 Å². The number of nitrogens with zero attached hydrogens (tertiary/aromatic N) is 1. The highest BCUT2D eigenvalue weighted by Crippen LogP contribution is 2.53. The maximum atomic E-state index is 6.23. The molecule has 5 unspecified atom stereocenters. The standard InChI is InChI=1S/C14H26N2S/c1-10-7-16(8-11(2)17-10)14(9-15)6-12-3-4-13(14)5-12/h10-13H,3-9,15H2,1-2H3. The van der Waals surface area contributed by atoms with Crippen LogP contribution in [0.25, 0.3) is 0 Å². The minimum atomic E-state index is 0.381. The van der Waals surface area contributed by atoms with E-state index in [1.54, 1.807) is 0 Å². The fourth-order valence-corrected chi connectivity index (χ4v) is 6.05. The van der Waals surface area contributed by atoms with E-state index >= 15 is 0 Å². The van der Waals surface area contributed by atoms with E-state index in [9.17, 15) is 0 Å². The smallest absolute Gasteiger partial charge is 0.0363 e. The van der Waals surface area contributed by atoms with Gasteiger partial charge in [-0.05, 0) is 31.1 Å². The molecule has 2 N–H and O–H groups in total.